The number of hydrogen-bond acceptors (Lipinski definition) is 5. The van der Waals surface area contributed by atoms with Crippen molar-refractivity contribution in [2.75, 3.05) is 52.5 Å². The fourth-order valence-electron chi connectivity index (χ4n) is 3.26. The number of nitrogens with zero attached hydrogens (tertiary/aromatic N) is 2. The van der Waals surface area contributed by atoms with Crippen molar-refractivity contribution < 1.29 is 14.6 Å². The minimum atomic E-state index is -0.566. The third-order valence-corrected chi connectivity index (χ3v) is 5.06. The standard InChI is InChI=1S/C22H29ClN2O3/c23-20-6-8-22(9-7-20)28-18-21(26)17-25(16-19-4-2-1-3-5-19)11-10-24-12-14-27-15-13-24/h1-9,21,26H,10-18H2. The van der Waals surface area contributed by atoms with E-state index in [4.69, 9.17) is 21.1 Å². The molecule has 0 bridgehead atoms. The summed E-state index contributed by atoms with van der Waals surface area (Å²) in [4.78, 5) is 4.71. The molecule has 2 aromatic rings. The van der Waals surface area contributed by atoms with E-state index in [1.54, 1.807) is 12.1 Å². The lowest BCUT2D eigenvalue weighted by Gasteiger charge is -2.31. The van der Waals surface area contributed by atoms with E-state index in [2.05, 4.69) is 34.1 Å². The Hall–Kier alpha value is -1.63. The summed E-state index contributed by atoms with van der Waals surface area (Å²) in [6.07, 6.45) is -0.566. The minimum absolute atomic E-state index is 0.254. The van der Waals surface area contributed by atoms with E-state index in [1.165, 1.54) is 5.56 Å². The van der Waals surface area contributed by atoms with Gasteiger partial charge in [-0.05, 0) is 29.8 Å². The summed E-state index contributed by atoms with van der Waals surface area (Å²) < 4.78 is 11.1. The van der Waals surface area contributed by atoms with Crippen molar-refractivity contribution in [3.05, 3.63) is 65.2 Å². The van der Waals surface area contributed by atoms with E-state index >= 15 is 0 Å². The molecular weight excluding hydrogens is 376 g/mol. The van der Waals surface area contributed by atoms with Gasteiger partial charge in [-0.3, -0.25) is 9.80 Å². The quantitative estimate of drug-likeness (QED) is 0.659. The minimum Gasteiger partial charge on any atom is -0.491 e. The third-order valence-electron chi connectivity index (χ3n) is 4.81. The average Bonchev–Trinajstić information content (AvgIpc) is 2.73. The van der Waals surface area contributed by atoms with E-state index in [-0.39, 0.29) is 6.61 Å². The van der Waals surface area contributed by atoms with Crippen LogP contribution in [-0.2, 0) is 11.3 Å². The molecule has 152 valence electrons. The van der Waals surface area contributed by atoms with E-state index in [9.17, 15) is 5.11 Å². The van der Waals surface area contributed by atoms with Crippen LogP contribution in [0.25, 0.3) is 0 Å². The Kier molecular flexibility index (Phi) is 8.58. The van der Waals surface area contributed by atoms with Crippen LogP contribution in [0.15, 0.2) is 54.6 Å². The molecule has 28 heavy (non-hydrogen) atoms. The molecule has 1 aliphatic rings. The van der Waals surface area contributed by atoms with Gasteiger partial charge in [-0.1, -0.05) is 41.9 Å². The maximum atomic E-state index is 10.5. The van der Waals surface area contributed by atoms with Crippen LogP contribution in [0.3, 0.4) is 0 Å². The molecule has 0 amide bonds. The first-order valence-electron chi connectivity index (χ1n) is 9.82. The maximum Gasteiger partial charge on any atom is 0.119 e. The highest BCUT2D eigenvalue weighted by Gasteiger charge is 2.16. The van der Waals surface area contributed by atoms with Gasteiger partial charge in [0.1, 0.15) is 18.5 Å². The van der Waals surface area contributed by atoms with Crippen molar-refractivity contribution in [1.82, 2.24) is 9.80 Å². The largest absolute Gasteiger partial charge is 0.491 e. The summed E-state index contributed by atoms with van der Waals surface area (Å²) in [5.41, 5.74) is 1.25. The van der Waals surface area contributed by atoms with Crippen LogP contribution in [0.4, 0.5) is 0 Å². The molecule has 5 nitrogen and oxygen atoms in total. The molecule has 2 aromatic carbocycles. The Morgan fingerprint density at radius 2 is 1.79 bits per heavy atom. The van der Waals surface area contributed by atoms with Crippen molar-refractivity contribution in [2.24, 2.45) is 0 Å². The van der Waals surface area contributed by atoms with Gasteiger partial charge in [0.25, 0.3) is 0 Å². The van der Waals surface area contributed by atoms with Crippen molar-refractivity contribution >= 4 is 11.6 Å². The molecule has 1 unspecified atom stereocenters. The first-order chi connectivity index (χ1) is 13.7. The highest BCUT2D eigenvalue weighted by Crippen LogP contribution is 2.16. The summed E-state index contributed by atoms with van der Waals surface area (Å²) in [5.74, 6) is 0.714. The molecule has 6 heteroatoms. The van der Waals surface area contributed by atoms with Crippen LogP contribution >= 0.6 is 11.6 Å². The molecule has 0 aromatic heterocycles. The van der Waals surface area contributed by atoms with Gasteiger partial charge in [-0.25, -0.2) is 0 Å². The Bertz CT molecular complexity index is 678. The van der Waals surface area contributed by atoms with Crippen LogP contribution in [0.1, 0.15) is 5.56 Å². The fraction of sp³-hybridized carbons (Fsp3) is 0.455. The Balaban J connectivity index is 1.51. The lowest BCUT2D eigenvalue weighted by atomic mass is 10.2. The van der Waals surface area contributed by atoms with Crippen molar-refractivity contribution in [3.63, 3.8) is 0 Å². The topological polar surface area (TPSA) is 45.2 Å². The van der Waals surface area contributed by atoms with Gasteiger partial charge >= 0.3 is 0 Å². The highest BCUT2D eigenvalue weighted by atomic mass is 35.5. The SMILES string of the molecule is OC(COc1ccc(Cl)cc1)CN(CCN1CCOCC1)Cc1ccccc1. The first kappa shape index (κ1) is 21.1. The summed E-state index contributed by atoms with van der Waals surface area (Å²) in [5, 5.41) is 11.2. The van der Waals surface area contributed by atoms with Crippen LogP contribution in [0, 0.1) is 0 Å². The van der Waals surface area contributed by atoms with Crippen LogP contribution < -0.4 is 4.74 Å². The molecule has 1 saturated heterocycles. The lowest BCUT2D eigenvalue weighted by Crippen LogP contribution is -2.43. The summed E-state index contributed by atoms with van der Waals surface area (Å²) >= 11 is 5.90. The van der Waals surface area contributed by atoms with Gasteiger partial charge in [-0.2, -0.15) is 0 Å². The van der Waals surface area contributed by atoms with E-state index in [0.717, 1.165) is 45.9 Å². The zero-order chi connectivity index (χ0) is 19.6. The Morgan fingerprint density at radius 1 is 1.07 bits per heavy atom. The van der Waals surface area contributed by atoms with Crippen LogP contribution in [0.2, 0.25) is 5.02 Å². The zero-order valence-electron chi connectivity index (χ0n) is 16.2. The predicted molar refractivity (Wildman–Crippen MR) is 112 cm³/mol. The highest BCUT2D eigenvalue weighted by molar-refractivity contribution is 6.30. The molecule has 0 aliphatic carbocycles. The van der Waals surface area contributed by atoms with Crippen molar-refractivity contribution in [1.29, 1.82) is 0 Å². The third kappa shape index (κ3) is 7.41. The monoisotopic (exact) mass is 404 g/mol. The van der Waals surface area contributed by atoms with Crippen molar-refractivity contribution in [3.8, 4) is 5.75 Å². The second-order valence-corrected chi connectivity index (χ2v) is 7.53. The number of morpholine rings is 1. The predicted octanol–water partition coefficient (Wildman–Crippen LogP) is 2.91. The van der Waals surface area contributed by atoms with Gasteiger partial charge < -0.3 is 14.6 Å². The molecule has 3 rings (SSSR count). The number of hydrogen-bond donors (Lipinski definition) is 1. The maximum absolute atomic E-state index is 10.5. The van der Waals surface area contributed by atoms with E-state index in [0.29, 0.717) is 17.3 Å². The molecule has 1 atom stereocenters. The smallest absolute Gasteiger partial charge is 0.119 e. The molecule has 0 radical (unpaired) electrons. The zero-order valence-corrected chi connectivity index (χ0v) is 16.9. The van der Waals surface area contributed by atoms with Gasteiger partial charge in [-0.15, -0.1) is 0 Å². The number of halogens is 1. The van der Waals surface area contributed by atoms with Crippen LogP contribution in [0.5, 0.6) is 5.75 Å². The van der Waals surface area contributed by atoms with Gasteiger partial charge in [0.2, 0.25) is 0 Å². The normalized spacial score (nSPS) is 16.2. The molecule has 1 fully saturated rings. The molecule has 1 heterocycles. The number of aliphatic hydroxyl groups excluding tert-OH is 1. The molecular formula is C22H29ClN2O3. The molecule has 0 saturated carbocycles. The number of ether oxygens (including phenoxy) is 2. The van der Waals surface area contributed by atoms with Crippen molar-refractivity contribution in [2.45, 2.75) is 12.6 Å². The average molecular weight is 405 g/mol. The molecule has 1 aliphatic heterocycles. The van der Waals surface area contributed by atoms with E-state index < -0.39 is 6.10 Å². The number of benzene rings is 2. The van der Waals surface area contributed by atoms with Gasteiger partial charge in [0.15, 0.2) is 0 Å². The van der Waals surface area contributed by atoms with Gasteiger partial charge in [0, 0.05) is 44.3 Å². The lowest BCUT2D eigenvalue weighted by molar-refractivity contribution is 0.0256. The first-order valence-corrected chi connectivity index (χ1v) is 10.2. The van der Waals surface area contributed by atoms with Crippen LogP contribution in [-0.4, -0.2) is 73.6 Å². The Morgan fingerprint density at radius 3 is 2.50 bits per heavy atom. The second kappa shape index (κ2) is 11.4. The molecule has 1 N–H and O–H groups in total. The molecule has 0 spiro atoms. The van der Waals surface area contributed by atoms with E-state index in [1.807, 2.05) is 18.2 Å². The fourth-order valence-corrected chi connectivity index (χ4v) is 3.38. The summed E-state index contributed by atoms with van der Waals surface area (Å²) in [6.45, 7) is 7.05. The summed E-state index contributed by atoms with van der Waals surface area (Å²) in [7, 11) is 0. The second-order valence-electron chi connectivity index (χ2n) is 7.09. The summed E-state index contributed by atoms with van der Waals surface area (Å²) in [6, 6.07) is 17.6. The Labute approximate surface area is 172 Å². The number of rotatable bonds is 10. The van der Waals surface area contributed by atoms with Gasteiger partial charge in [0.05, 0.1) is 13.2 Å². The number of aliphatic hydroxyl groups is 1.